The highest BCUT2D eigenvalue weighted by atomic mass is 16.5. The molecule has 0 spiro atoms. The Hall–Kier alpha value is -2.29. The molecule has 0 aliphatic heterocycles. The van der Waals surface area contributed by atoms with Gasteiger partial charge in [0.05, 0.1) is 5.69 Å². The molecule has 0 aliphatic carbocycles. The molecule has 0 bridgehead atoms. The first-order chi connectivity index (χ1) is 9.72. The highest BCUT2D eigenvalue weighted by Gasteiger charge is 2.11. The summed E-state index contributed by atoms with van der Waals surface area (Å²) in [7, 11) is 4.00. The monoisotopic (exact) mass is 268 g/mol. The van der Waals surface area contributed by atoms with Crippen LogP contribution in [0.3, 0.4) is 0 Å². The number of hydrogen-bond acceptors (Lipinski definition) is 3. The number of anilines is 1. The van der Waals surface area contributed by atoms with Crippen molar-refractivity contribution in [3.63, 3.8) is 0 Å². The van der Waals surface area contributed by atoms with Crippen LogP contribution < -0.4 is 9.64 Å². The van der Waals surface area contributed by atoms with E-state index in [4.69, 9.17) is 10.1 Å². The third-order valence-electron chi connectivity index (χ3n) is 3.11. The summed E-state index contributed by atoms with van der Waals surface area (Å²) in [5.41, 5.74) is 3.23. The smallest absolute Gasteiger partial charge is 0.146 e. The molecule has 3 heteroatoms. The molecule has 0 aliphatic rings. The van der Waals surface area contributed by atoms with Crippen LogP contribution in [0.1, 0.15) is 11.1 Å². The lowest BCUT2D eigenvalue weighted by atomic mass is 10.1. The highest BCUT2D eigenvalue weighted by molar-refractivity contribution is 5.67. The predicted octanol–water partition coefficient (Wildman–Crippen LogP) is 3.52. The van der Waals surface area contributed by atoms with Crippen LogP contribution in [0.5, 0.6) is 5.75 Å². The molecule has 0 radical (unpaired) electrons. The summed E-state index contributed by atoms with van der Waals surface area (Å²) in [6.45, 7) is 0.538. The Bertz CT molecular complexity index is 564. The first-order valence-corrected chi connectivity index (χ1v) is 6.67. The minimum Gasteiger partial charge on any atom is -0.486 e. The second kappa shape index (κ2) is 6.75. The second-order valence-electron chi connectivity index (χ2n) is 4.84. The Balaban J connectivity index is 2.25. The molecule has 0 unspecified atom stereocenters. The van der Waals surface area contributed by atoms with E-state index in [1.54, 1.807) is 0 Å². The summed E-state index contributed by atoms with van der Waals surface area (Å²) >= 11 is 0. The fourth-order valence-corrected chi connectivity index (χ4v) is 2.09. The topological polar surface area (TPSA) is 36.3 Å². The van der Waals surface area contributed by atoms with E-state index in [-0.39, 0.29) is 0 Å². The van der Waals surface area contributed by atoms with Crippen molar-refractivity contribution in [2.45, 2.75) is 13.0 Å². The van der Waals surface area contributed by atoms with Crippen molar-refractivity contribution in [1.82, 2.24) is 0 Å². The van der Waals surface area contributed by atoms with Crippen LogP contribution in [0, 0.1) is 5.41 Å². The molecule has 2 aromatic rings. The highest BCUT2D eigenvalue weighted by Crippen LogP contribution is 2.31. The number of para-hydroxylation sites is 1. The number of ether oxygens (including phenoxy) is 1. The van der Waals surface area contributed by atoms with E-state index in [9.17, 15) is 0 Å². The molecule has 0 saturated carbocycles. The number of nitrogens with one attached hydrogen (secondary N) is 1. The number of benzene rings is 2. The summed E-state index contributed by atoms with van der Waals surface area (Å²) in [4.78, 5) is 2.04. The van der Waals surface area contributed by atoms with E-state index >= 15 is 0 Å². The minimum atomic E-state index is 0.538. The van der Waals surface area contributed by atoms with Gasteiger partial charge in [0, 0.05) is 26.1 Å². The number of hydrogen-bond donors (Lipinski definition) is 1. The van der Waals surface area contributed by atoms with E-state index in [0.717, 1.165) is 22.6 Å². The van der Waals surface area contributed by atoms with E-state index in [0.29, 0.717) is 13.0 Å². The van der Waals surface area contributed by atoms with Crippen LogP contribution in [0.25, 0.3) is 0 Å². The van der Waals surface area contributed by atoms with Gasteiger partial charge in [-0.1, -0.05) is 42.5 Å². The fraction of sp³-hybridized carbons (Fsp3) is 0.235. The van der Waals surface area contributed by atoms with Crippen molar-refractivity contribution >= 4 is 11.9 Å². The first kappa shape index (κ1) is 14.1. The van der Waals surface area contributed by atoms with Crippen molar-refractivity contribution < 1.29 is 4.74 Å². The molecule has 3 nitrogen and oxygen atoms in total. The van der Waals surface area contributed by atoms with Gasteiger partial charge >= 0.3 is 0 Å². The molecule has 0 saturated heterocycles. The van der Waals surface area contributed by atoms with Gasteiger partial charge in [-0.3, -0.25) is 0 Å². The lowest BCUT2D eigenvalue weighted by Gasteiger charge is -2.20. The Morgan fingerprint density at radius 1 is 1.05 bits per heavy atom. The lowest BCUT2D eigenvalue weighted by Crippen LogP contribution is -2.12. The van der Waals surface area contributed by atoms with Gasteiger partial charge in [-0.25, -0.2) is 0 Å². The van der Waals surface area contributed by atoms with Crippen molar-refractivity contribution in [2.75, 3.05) is 19.0 Å². The van der Waals surface area contributed by atoms with Gasteiger partial charge in [0.25, 0.3) is 0 Å². The molecule has 20 heavy (non-hydrogen) atoms. The zero-order valence-corrected chi connectivity index (χ0v) is 12.0. The molecule has 0 aromatic heterocycles. The number of nitrogens with zero attached hydrogens (tertiary/aromatic N) is 1. The summed E-state index contributed by atoms with van der Waals surface area (Å²) in [5.74, 6) is 0.866. The van der Waals surface area contributed by atoms with Crippen LogP contribution in [-0.2, 0) is 13.0 Å². The maximum absolute atomic E-state index is 7.32. The minimum absolute atomic E-state index is 0.538. The van der Waals surface area contributed by atoms with Crippen LogP contribution in [0.2, 0.25) is 0 Å². The SMILES string of the molecule is CN(C)c1cccc(CC=N)c1OCc1ccccc1. The van der Waals surface area contributed by atoms with Crippen molar-refractivity contribution in [1.29, 1.82) is 5.41 Å². The van der Waals surface area contributed by atoms with Crippen LogP contribution in [0.4, 0.5) is 5.69 Å². The third-order valence-corrected chi connectivity index (χ3v) is 3.11. The maximum Gasteiger partial charge on any atom is 0.146 e. The van der Waals surface area contributed by atoms with Gasteiger partial charge in [0.2, 0.25) is 0 Å². The molecular weight excluding hydrogens is 248 g/mol. The van der Waals surface area contributed by atoms with Gasteiger partial charge in [0.15, 0.2) is 0 Å². The molecule has 2 aromatic carbocycles. The van der Waals surface area contributed by atoms with Crippen LogP contribution in [0.15, 0.2) is 48.5 Å². The molecular formula is C17H20N2O. The van der Waals surface area contributed by atoms with E-state index < -0.39 is 0 Å². The molecule has 1 N–H and O–H groups in total. The Kier molecular flexibility index (Phi) is 4.77. The zero-order valence-electron chi connectivity index (χ0n) is 12.0. The molecule has 0 atom stereocenters. The Labute approximate surface area is 120 Å². The standard InChI is InChI=1S/C17H20N2O/c1-19(2)16-10-6-9-15(11-12-18)17(16)20-13-14-7-4-3-5-8-14/h3-10,12,18H,11,13H2,1-2H3. The van der Waals surface area contributed by atoms with Gasteiger partial charge in [-0.15, -0.1) is 0 Å². The fourth-order valence-electron chi connectivity index (χ4n) is 2.09. The first-order valence-electron chi connectivity index (χ1n) is 6.67. The molecule has 2 rings (SSSR count). The maximum atomic E-state index is 7.32. The summed E-state index contributed by atoms with van der Waals surface area (Å²) < 4.78 is 6.02. The number of rotatable bonds is 6. The Morgan fingerprint density at radius 2 is 1.80 bits per heavy atom. The van der Waals surface area contributed by atoms with E-state index in [2.05, 4.69) is 12.1 Å². The second-order valence-corrected chi connectivity index (χ2v) is 4.84. The van der Waals surface area contributed by atoms with E-state index in [1.807, 2.05) is 55.4 Å². The lowest BCUT2D eigenvalue weighted by molar-refractivity contribution is 0.304. The molecule has 104 valence electrons. The van der Waals surface area contributed by atoms with Crippen molar-refractivity contribution in [3.8, 4) is 5.75 Å². The van der Waals surface area contributed by atoms with Gasteiger partial charge in [-0.2, -0.15) is 0 Å². The average molecular weight is 268 g/mol. The van der Waals surface area contributed by atoms with Crippen molar-refractivity contribution in [2.24, 2.45) is 0 Å². The quantitative estimate of drug-likeness (QED) is 0.814. The van der Waals surface area contributed by atoms with E-state index in [1.165, 1.54) is 6.21 Å². The molecule has 0 amide bonds. The van der Waals surface area contributed by atoms with Crippen LogP contribution >= 0.6 is 0 Å². The molecule has 0 heterocycles. The van der Waals surface area contributed by atoms with Crippen LogP contribution in [-0.4, -0.2) is 20.3 Å². The van der Waals surface area contributed by atoms with Gasteiger partial charge in [-0.05, 0) is 17.8 Å². The van der Waals surface area contributed by atoms with Gasteiger partial charge < -0.3 is 15.0 Å². The summed E-state index contributed by atoms with van der Waals surface area (Å²) in [6, 6.07) is 16.2. The summed E-state index contributed by atoms with van der Waals surface area (Å²) in [5, 5.41) is 7.32. The van der Waals surface area contributed by atoms with Gasteiger partial charge in [0.1, 0.15) is 12.4 Å². The third kappa shape index (κ3) is 3.38. The Morgan fingerprint density at radius 3 is 2.45 bits per heavy atom. The predicted molar refractivity (Wildman–Crippen MR) is 84.0 cm³/mol. The average Bonchev–Trinajstić information content (AvgIpc) is 2.47. The largest absolute Gasteiger partial charge is 0.486 e. The normalized spacial score (nSPS) is 10.1. The zero-order chi connectivity index (χ0) is 14.4. The molecule has 0 fully saturated rings. The van der Waals surface area contributed by atoms with Crippen molar-refractivity contribution in [3.05, 3.63) is 59.7 Å². The summed E-state index contributed by atoms with van der Waals surface area (Å²) in [6.07, 6.45) is 2.00.